The Morgan fingerprint density at radius 3 is 2.61 bits per heavy atom. The lowest BCUT2D eigenvalue weighted by Gasteiger charge is -2.31. The molecule has 1 aliphatic rings. The Morgan fingerprint density at radius 2 is 2.00 bits per heavy atom. The quantitative estimate of drug-likeness (QED) is 0.883. The second-order valence-electron chi connectivity index (χ2n) is 5.05. The Morgan fingerprint density at radius 1 is 1.28 bits per heavy atom. The number of nitrogens with one attached hydrogen (secondary N) is 1. The van der Waals surface area contributed by atoms with Crippen LogP contribution in [0.15, 0.2) is 18.2 Å². The molecule has 0 saturated heterocycles. The van der Waals surface area contributed by atoms with Gasteiger partial charge in [0.2, 0.25) is 0 Å². The van der Waals surface area contributed by atoms with Crippen molar-refractivity contribution < 1.29 is 4.74 Å². The van der Waals surface area contributed by atoms with Crippen molar-refractivity contribution in [3.63, 3.8) is 0 Å². The van der Waals surface area contributed by atoms with Gasteiger partial charge in [0.15, 0.2) is 0 Å². The number of benzene rings is 1. The standard InChI is InChI=1S/C15H22ClNO/c1-17-15(11-6-4-3-5-7-11)13-9-8-12(16)10-14(13)18-2/h8-11,15,17H,3-7H2,1-2H3. The van der Waals surface area contributed by atoms with Gasteiger partial charge in [-0.15, -0.1) is 0 Å². The summed E-state index contributed by atoms with van der Waals surface area (Å²) in [6.07, 6.45) is 6.68. The molecule has 100 valence electrons. The third-order valence-corrected chi connectivity index (χ3v) is 4.20. The molecule has 1 aliphatic carbocycles. The first-order valence-corrected chi connectivity index (χ1v) is 7.14. The van der Waals surface area contributed by atoms with Gasteiger partial charge in [-0.2, -0.15) is 0 Å². The highest BCUT2D eigenvalue weighted by molar-refractivity contribution is 6.30. The van der Waals surface area contributed by atoms with E-state index in [9.17, 15) is 0 Å². The maximum absolute atomic E-state index is 6.03. The zero-order chi connectivity index (χ0) is 13.0. The lowest BCUT2D eigenvalue weighted by molar-refractivity contribution is 0.275. The molecule has 1 unspecified atom stereocenters. The van der Waals surface area contributed by atoms with Crippen molar-refractivity contribution >= 4 is 11.6 Å². The summed E-state index contributed by atoms with van der Waals surface area (Å²) in [5.41, 5.74) is 1.23. The summed E-state index contributed by atoms with van der Waals surface area (Å²) < 4.78 is 5.48. The maximum Gasteiger partial charge on any atom is 0.125 e. The van der Waals surface area contributed by atoms with Crippen molar-refractivity contribution in [2.45, 2.75) is 38.1 Å². The molecule has 1 aromatic carbocycles. The first-order chi connectivity index (χ1) is 8.76. The predicted molar refractivity (Wildman–Crippen MR) is 76.4 cm³/mol. The summed E-state index contributed by atoms with van der Waals surface area (Å²) in [7, 11) is 3.75. The third kappa shape index (κ3) is 2.99. The fourth-order valence-corrected chi connectivity index (χ4v) is 3.22. The summed E-state index contributed by atoms with van der Waals surface area (Å²) >= 11 is 6.03. The van der Waals surface area contributed by atoms with Gasteiger partial charge in [0.25, 0.3) is 0 Å². The Hall–Kier alpha value is -0.730. The van der Waals surface area contributed by atoms with Crippen LogP contribution >= 0.6 is 11.6 Å². The molecule has 3 heteroatoms. The molecule has 18 heavy (non-hydrogen) atoms. The van der Waals surface area contributed by atoms with Crippen molar-refractivity contribution in [1.29, 1.82) is 0 Å². The van der Waals surface area contributed by atoms with Crippen LogP contribution in [-0.2, 0) is 0 Å². The van der Waals surface area contributed by atoms with Gasteiger partial charge in [-0.05, 0) is 37.9 Å². The van der Waals surface area contributed by atoms with Crippen LogP contribution in [0.25, 0.3) is 0 Å². The van der Waals surface area contributed by atoms with E-state index in [-0.39, 0.29) is 0 Å². The Labute approximate surface area is 115 Å². The lowest BCUT2D eigenvalue weighted by atomic mass is 9.81. The van der Waals surface area contributed by atoms with Crippen LogP contribution in [0, 0.1) is 5.92 Å². The number of halogens is 1. The Bertz CT molecular complexity index is 388. The van der Waals surface area contributed by atoms with Crippen LogP contribution in [0.1, 0.15) is 43.7 Å². The minimum atomic E-state index is 0.373. The predicted octanol–water partition coefficient (Wildman–Crippen LogP) is 4.19. The normalized spacial score (nSPS) is 18.6. The van der Waals surface area contributed by atoms with Crippen molar-refractivity contribution in [2.24, 2.45) is 5.92 Å². The van der Waals surface area contributed by atoms with Gasteiger partial charge in [-0.25, -0.2) is 0 Å². The molecule has 0 spiro atoms. The molecule has 0 heterocycles. The molecule has 2 nitrogen and oxygen atoms in total. The fraction of sp³-hybridized carbons (Fsp3) is 0.600. The molecule has 0 radical (unpaired) electrons. The lowest BCUT2D eigenvalue weighted by Crippen LogP contribution is -2.27. The van der Waals surface area contributed by atoms with Crippen molar-refractivity contribution in [3.05, 3.63) is 28.8 Å². The molecule has 1 aromatic rings. The van der Waals surface area contributed by atoms with Gasteiger partial charge in [0.1, 0.15) is 5.75 Å². The highest BCUT2D eigenvalue weighted by Crippen LogP contribution is 2.38. The van der Waals surface area contributed by atoms with Crippen molar-refractivity contribution in [2.75, 3.05) is 14.2 Å². The minimum absolute atomic E-state index is 0.373. The molecule has 1 fully saturated rings. The van der Waals surface area contributed by atoms with Crippen LogP contribution in [0.5, 0.6) is 5.75 Å². The van der Waals surface area contributed by atoms with Crippen molar-refractivity contribution in [3.8, 4) is 5.75 Å². The number of hydrogen-bond acceptors (Lipinski definition) is 2. The Kier molecular flexibility index (Phi) is 4.90. The van der Waals surface area contributed by atoms with E-state index in [0.29, 0.717) is 12.0 Å². The third-order valence-electron chi connectivity index (χ3n) is 3.96. The SMILES string of the molecule is CNC(c1ccc(Cl)cc1OC)C1CCCCC1. The second-order valence-corrected chi connectivity index (χ2v) is 5.49. The van der Waals surface area contributed by atoms with E-state index in [4.69, 9.17) is 16.3 Å². The van der Waals surface area contributed by atoms with Gasteiger partial charge in [-0.1, -0.05) is 36.9 Å². The number of ether oxygens (including phenoxy) is 1. The largest absolute Gasteiger partial charge is 0.496 e. The summed E-state index contributed by atoms with van der Waals surface area (Å²) in [6, 6.07) is 6.32. The van der Waals surface area contributed by atoms with E-state index in [0.717, 1.165) is 10.8 Å². The van der Waals surface area contributed by atoms with Crippen LogP contribution in [-0.4, -0.2) is 14.2 Å². The number of rotatable bonds is 4. The van der Waals surface area contributed by atoms with Gasteiger partial charge in [0, 0.05) is 16.6 Å². The van der Waals surface area contributed by atoms with Crippen molar-refractivity contribution in [1.82, 2.24) is 5.32 Å². The van der Waals surface area contributed by atoms with E-state index in [1.807, 2.05) is 19.2 Å². The summed E-state index contributed by atoms with van der Waals surface area (Å²) in [6.45, 7) is 0. The summed E-state index contributed by atoms with van der Waals surface area (Å²) in [5, 5.41) is 4.19. The van der Waals surface area contributed by atoms with E-state index in [2.05, 4.69) is 11.4 Å². The van der Waals surface area contributed by atoms with Gasteiger partial charge < -0.3 is 10.1 Å². The molecule has 2 rings (SSSR count). The Balaban J connectivity index is 2.25. The van der Waals surface area contributed by atoms with Crippen LogP contribution in [0.2, 0.25) is 5.02 Å². The molecular formula is C15H22ClNO. The molecule has 1 N–H and O–H groups in total. The van der Waals surface area contributed by atoms with Gasteiger partial charge in [-0.3, -0.25) is 0 Å². The fourth-order valence-electron chi connectivity index (χ4n) is 3.05. The number of methoxy groups -OCH3 is 1. The minimum Gasteiger partial charge on any atom is -0.496 e. The van der Waals surface area contributed by atoms with Gasteiger partial charge >= 0.3 is 0 Å². The zero-order valence-electron chi connectivity index (χ0n) is 11.2. The molecule has 0 bridgehead atoms. The summed E-state index contributed by atoms with van der Waals surface area (Å²) in [5.74, 6) is 1.60. The molecular weight excluding hydrogens is 246 g/mol. The molecule has 0 aromatic heterocycles. The van der Waals surface area contributed by atoms with Crippen LogP contribution in [0.3, 0.4) is 0 Å². The summed E-state index contributed by atoms with van der Waals surface area (Å²) in [4.78, 5) is 0. The highest BCUT2D eigenvalue weighted by atomic mass is 35.5. The molecule has 1 atom stereocenters. The number of hydrogen-bond donors (Lipinski definition) is 1. The van der Waals surface area contributed by atoms with E-state index >= 15 is 0 Å². The monoisotopic (exact) mass is 267 g/mol. The first-order valence-electron chi connectivity index (χ1n) is 6.77. The van der Waals surface area contributed by atoms with Crippen LogP contribution in [0.4, 0.5) is 0 Å². The molecule has 0 amide bonds. The van der Waals surface area contributed by atoms with E-state index in [1.165, 1.54) is 37.7 Å². The second kappa shape index (κ2) is 6.44. The topological polar surface area (TPSA) is 21.3 Å². The highest BCUT2D eigenvalue weighted by Gasteiger charge is 2.25. The van der Waals surface area contributed by atoms with E-state index < -0.39 is 0 Å². The maximum atomic E-state index is 6.03. The smallest absolute Gasteiger partial charge is 0.125 e. The first kappa shape index (κ1) is 13.7. The zero-order valence-corrected chi connectivity index (χ0v) is 12.0. The average Bonchev–Trinajstić information content (AvgIpc) is 2.42. The molecule has 1 saturated carbocycles. The molecule has 0 aliphatic heterocycles. The van der Waals surface area contributed by atoms with Crippen LogP contribution < -0.4 is 10.1 Å². The average molecular weight is 268 g/mol. The van der Waals surface area contributed by atoms with E-state index in [1.54, 1.807) is 7.11 Å². The van der Waals surface area contributed by atoms with Gasteiger partial charge in [0.05, 0.1) is 7.11 Å².